The van der Waals surface area contributed by atoms with E-state index in [2.05, 4.69) is 17.5 Å². The standard InChI is InChI=1S/C38H43N3O11/c1-5-6-14-50-21-12-10-20(11-13-21)37(47)41-40-19(3)38(48)16-23-29(26(17-38)52-27-15-24(39)32(42)18(2)51-27)36(46)31-30(34(23)44)33(43)22-8-7-9-25(49-4)28(22)35(31)45/h7-13,18,24,26-27,32,42,44,46,48H,5-6,14-17,39H2,1-4H3,(H,41,47)/b40-19+/t18-,24-,26+,27+,32+,38-/m0/s1. The molecular formula is C38H43N3O11. The van der Waals surface area contributed by atoms with Gasteiger partial charge in [0, 0.05) is 47.6 Å². The molecule has 6 atom stereocenters. The number of hydrogen-bond donors (Lipinski definition) is 6. The van der Waals surface area contributed by atoms with Gasteiger partial charge in [-0.15, -0.1) is 0 Å². The van der Waals surface area contributed by atoms with Gasteiger partial charge in [-0.3, -0.25) is 14.4 Å². The van der Waals surface area contributed by atoms with Gasteiger partial charge in [0.25, 0.3) is 5.91 Å². The summed E-state index contributed by atoms with van der Waals surface area (Å²) in [5.41, 5.74) is 5.97. The number of ketones is 2. The van der Waals surface area contributed by atoms with Gasteiger partial charge in [-0.25, -0.2) is 5.43 Å². The Morgan fingerprint density at radius 1 is 1.08 bits per heavy atom. The van der Waals surface area contributed by atoms with Crippen LogP contribution in [0.5, 0.6) is 23.0 Å². The second-order valence-electron chi connectivity index (χ2n) is 13.4. The number of ether oxygens (including phenoxy) is 4. The van der Waals surface area contributed by atoms with Crippen LogP contribution in [-0.4, -0.2) is 87.5 Å². The number of nitrogens with one attached hydrogen (secondary N) is 1. The summed E-state index contributed by atoms with van der Waals surface area (Å²) in [4.78, 5) is 40.9. The van der Waals surface area contributed by atoms with Crippen LogP contribution in [-0.2, 0) is 15.9 Å². The number of hydrazone groups is 1. The monoisotopic (exact) mass is 717 g/mol. The number of fused-ring (bicyclic) bond motifs is 3. The highest BCUT2D eigenvalue weighted by Gasteiger charge is 2.49. The first-order valence-corrected chi connectivity index (χ1v) is 17.2. The summed E-state index contributed by atoms with van der Waals surface area (Å²) >= 11 is 0. The Morgan fingerprint density at radius 3 is 2.46 bits per heavy atom. The van der Waals surface area contributed by atoms with Gasteiger partial charge in [0.15, 0.2) is 12.1 Å². The highest BCUT2D eigenvalue weighted by Crippen LogP contribution is 2.52. The van der Waals surface area contributed by atoms with Gasteiger partial charge in [-0.05, 0) is 50.6 Å². The van der Waals surface area contributed by atoms with E-state index in [9.17, 15) is 34.8 Å². The van der Waals surface area contributed by atoms with Crippen molar-refractivity contribution >= 4 is 23.2 Å². The molecule has 1 fully saturated rings. The molecule has 0 unspecified atom stereocenters. The van der Waals surface area contributed by atoms with Crippen LogP contribution in [0.15, 0.2) is 47.6 Å². The van der Waals surface area contributed by atoms with Crippen LogP contribution in [0.25, 0.3) is 0 Å². The lowest BCUT2D eigenvalue weighted by Crippen LogP contribution is -2.52. The molecule has 14 heteroatoms. The molecule has 3 aromatic rings. The van der Waals surface area contributed by atoms with Crippen molar-refractivity contribution in [2.75, 3.05) is 13.7 Å². The maximum absolute atomic E-state index is 14.0. The van der Waals surface area contributed by atoms with Crippen molar-refractivity contribution in [3.63, 3.8) is 0 Å². The fourth-order valence-electron chi connectivity index (χ4n) is 7.01. The number of hydrogen-bond acceptors (Lipinski definition) is 13. The van der Waals surface area contributed by atoms with Crippen LogP contribution >= 0.6 is 0 Å². The molecular weight excluding hydrogens is 674 g/mol. The summed E-state index contributed by atoms with van der Waals surface area (Å²) in [5, 5.41) is 50.3. The first-order chi connectivity index (χ1) is 24.8. The van der Waals surface area contributed by atoms with E-state index < -0.39 is 76.3 Å². The molecule has 3 aromatic carbocycles. The van der Waals surface area contributed by atoms with Crippen molar-refractivity contribution in [1.82, 2.24) is 5.43 Å². The highest BCUT2D eigenvalue weighted by atomic mass is 16.7. The molecule has 0 aromatic heterocycles. The summed E-state index contributed by atoms with van der Waals surface area (Å²) < 4.78 is 23.2. The molecule has 0 saturated carbocycles. The van der Waals surface area contributed by atoms with Gasteiger partial charge in [0.05, 0.1) is 54.4 Å². The quantitative estimate of drug-likeness (QED) is 0.0602. The Labute approximate surface area is 300 Å². The number of phenolic OH excluding ortho intramolecular Hbond substituents is 2. The first kappa shape index (κ1) is 36.9. The Balaban J connectivity index is 1.37. The number of nitrogens with two attached hydrogens (primary N) is 1. The van der Waals surface area contributed by atoms with Gasteiger partial charge in [0.2, 0.25) is 5.78 Å². The van der Waals surface area contributed by atoms with Crippen molar-refractivity contribution in [1.29, 1.82) is 0 Å². The fraction of sp³-hybridized carbons (Fsp3) is 0.421. The number of aliphatic hydroxyl groups excluding tert-OH is 1. The third-order valence-electron chi connectivity index (χ3n) is 10.0. The molecule has 52 heavy (non-hydrogen) atoms. The summed E-state index contributed by atoms with van der Waals surface area (Å²) in [6, 6.07) is 10.2. The number of nitrogens with zero attached hydrogens (tertiary/aromatic N) is 1. The molecule has 6 rings (SSSR count). The SMILES string of the molecule is CCCCOc1ccc(C(=O)N/N=C(\C)[C@]2(O)Cc3c(O)c4c(c(O)c3[C@H](O[C@@H]3C[C@H](N)[C@H](O)[C@H](C)O3)C2)C(=O)c2c(OC)cccc2C4=O)cc1. The predicted octanol–water partition coefficient (Wildman–Crippen LogP) is 3.42. The van der Waals surface area contributed by atoms with E-state index in [1.807, 2.05) is 0 Å². The molecule has 3 aliphatic rings. The number of aromatic hydroxyl groups is 2. The number of unbranched alkanes of at least 4 members (excludes halogenated alkanes) is 1. The van der Waals surface area contributed by atoms with Gasteiger partial charge in [-0.2, -0.15) is 5.10 Å². The first-order valence-electron chi connectivity index (χ1n) is 17.2. The van der Waals surface area contributed by atoms with Crippen LogP contribution in [0.4, 0.5) is 0 Å². The zero-order valence-electron chi connectivity index (χ0n) is 29.3. The molecule has 276 valence electrons. The fourth-order valence-corrected chi connectivity index (χ4v) is 7.01. The smallest absolute Gasteiger partial charge is 0.271 e. The Bertz CT molecular complexity index is 1920. The zero-order valence-corrected chi connectivity index (χ0v) is 29.3. The molecule has 0 bridgehead atoms. The molecule has 1 amide bonds. The lowest BCUT2D eigenvalue weighted by molar-refractivity contribution is -0.245. The summed E-state index contributed by atoms with van der Waals surface area (Å²) in [5.74, 6) is -2.53. The third kappa shape index (κ3) is 6.63. The number of carbonyl (C=O) groups is 3. The van der Waals surface area contributed by atoms with Crippen molar-refractivity contribution < 1.29 is 53.8 Å². The molecule has 14 nitrogen and oxygen atoms in total. The molecule has 0 spiro atoms. The number of phenols is 2. The van der Waals surface area contributed by atoms with E-state index in [1.54, 1.807) is 31.2 Å². The van der Waals surface area contributed by atoms with Crippen LogP contribution in [0.3, 0.4) is 0 Å². The van der Waals surface area contributed by atoms with Crippen LogP contribution in [0.1, 0.15) is 106 Å². The van der Waals surface area contributed by atoms with Crippen LogP contribution < -0.4 is 20.6 Å². The minimum atomic E-state index is -1.91. The van der Waals surface area contributed by atoms with Crippen molar-refractivity contribution in [3.8, 4) is 23.0 Å². The second-order valence-corrected chi connectivity index (χ2v) is 13.4. The number of aliphatic hydroxyl groups is 2. The van der Waals surface area contributed by atoms with Crippen molar-refractivity contribution in [2.45, 2.75) is 89.1 Å². The van der Waals surface area contributed by atoms with Gasteiger partial charge in [-0.1, -0.05) is 25.5 Å². The molecule has 0 radical (unpaired) electrons. The van der Waals surface area contributed by atoms with Gasteiger partial charge < -0.3 is 45.1 Å². The maximum Gasteiger partial charge on any atom is 0.271 e. The van der Waals surface area contributed by atoms with E-state index >= 15 is 0 Å². The highest BCUT2D eigenvalue weighted by molar-refractivity contribution is 6.31. The normalized spacial score (nSPS) is 25.5. The van der Waals surface area contributed by atoms with E-state index in [0.29, 0.717) is 12.4 Å². The third-order valence-corrected chi connectivity index (χ3v) is 10.0. The number of carbonyl (C=O) groups excluding carboxylic acids is 3. The predicted molar refractivity (Wildman–Crippen MR) is 187 cm³/mol. The Hall–Kier alpha value is -4.86. The van der Waals surface area contributed by atoms with E-state index in [0.717, 1.165) is 12.8 Å². The van der Waals surface area contributed by atoms with E-state index in [4.69, 9.17) is 24.7 Å². The Kier molecular flexibility index (Phi) is 10.4. The minimum Gasteiger partial charge on any atom is -0.507 e. The molecule has 7 N–H and O–H groups in total. The zero-order chi connectivity index (χ0) is 37.5. The molecule has 2 aliphatic carbocycles. The molecule has 1 aliphatic heterocycles. The molecule has 1 saturated heterocycles. The lowest BCUT2D eigenvalue weighted by atomic mass is 9.71. The van der Waals surface area contributed by atoms with Crippen LogP contribution in [0.2, 0.25) is 0 Å². The van der Waals surface area contributed by atoms with E-state index in [-0.39, 0.29) is 58.5 Å². The maximum atomic E-state index is 14.0. The summed E-state index contributed by atoms with van der Waals surface area (Å²) in [7, 11) is 1.34. The number of methoxy groups -OCH3 is 1. The van der Waals surface area contributed by atoms with Crippen molar-refractivity contribution in [2.24, 2.45) is 10.8 Å². The lowest BCUT2D eigenvalue weighted by Gasteiger charge is -2.42. The van der Waals surface area contributed by atoms with Gasteiger partial charge >= 0.3 is 0 Å². The average molecular weight is 718 g/mol. The largest absolute Gasteiger partial charge is 0.507 e. The topological polar surface area (TPSA) is 219 Å². The number of benzene rings is 3. The Morgan fingerprint density at radius 2 is 1.79 bits per heavy atom. The number of rotatable bonds is 10. The van der Waals surface area contributed by atoms with Crippen molar-refractivity contribution in [3.05, 3.63) is 81.4 Å². The minimum absolute atomic E-state index is 0.0245. The second kappa shape index (κ2) is 14.6. The summed E-state index contributed by atoms with van der Waals surface area (Å²) in [6.45, 7) is 5.71. The number of amides is 1. The van der Waals surface area contributed by atoms with E-state index in [1.165, 1.54) is 32.2 Å². The van der Waals surface area contributed by atoms with Crippen LogP contribution in [0, 0.1) is 0 Å². The average Bonchev–Trinajstić information content (AvgIpc) is 3.12. The van der Waals surface area contributed by atoms with Gasteiger partial charge in [0.1, 0.15) is 28.6 Å². The summed E-state index contributed by atoms with van der Waals surface area (Å²) in [6.07, 6.45) is -2.72. The molecule has 1 heterocycles.